The van der Waals surface area contributed by atoms with E-state index in [2.05, 4.69) is 5.32 Å². The maximum atomic E-state index is 12.2. The van der Waals surface area contributed by atoms with Crippen molar-refractivity contribution in [3.05, 3.63) is 37.9 Å². The van der Waals surface area contributed by atoms with Crippen LogP contribution in [0.1, 0.15) is 44.0 Å². The largest absolute Gasteiger partial charge is 0.347 e. The van der Waals surface area contributed by atoms with Gasteiger partial charge in [-0.3, -0.25) is 14.9 Å². The molecule has 20 heavy (non-hydrogen) atoms. The lowest BCUT2D eigenvalue weighted by Crippen LogP contribution is -2.43. The van der Waals surface area contributed by atoms with Gasteiger partial charge in [-0.25, -0.2) is 0 Å². The lowest BCUT2D eigenvalue weighted by atomic mass is 9.98. The van der Waals surface area contributed by atoms with Crippen LogP contribution in [0.2, 0.25) is 10.0 Å². The molecule has 0 atom stereocenters. The van der Waals surface area contributed by atoms with E-state index >= 15 is 0 Å². The second-order valence-corrected chi connectivity index (χ2v) is 5.92. The van der Waals surface area contributed by atoms with Gasteiger partial charge < -0.3 is 5.32 Å². The summed E-state index contributed by atoms with van der Waals surface area (Å²) in [7, 11) is 0. The predicted molar refractivity (Wildman–Crippen MR) is 79.6 cm³/mol. The van der Waals surface area contributed by atoms with Gasteiger partial charge in [0.05, 0.1) is 20.5 Å². The second-order valence-electron chi connectivity index (χ2n) is 5.13. The molecule has 1 aromatic rings. The topological polar surface area (TPSA) is 72.2 Å². The lowest BCUT2D eigenvalue weighted by molar-refractivity contribution is -0.384. The van der Waals surface area contributed by atoms with Crippen LogP contribution in [-0.4, -0.2) is 16.4 Å². The molecule has 0 aromatic heterocycles. The Kier molecular flexibility index (Phi) is 5.36. The highest BCUT2D eigenvalue weighted by Gasteiger charge is 2.24. The number of non-ortho nitro benzene ring substituents is 1. The quantitative estimate of drug-likeness (QED) is 0.652. The first-order valence-electron chi connectivity index (χ1n) is 6.14. The fourth-order valence-electron chi connectivity index (χ4n) is 1.91. The van der Waals surface area contributed by atoms with Crippen molar-refractivity contribution in [2.24, 2.45) is 0 Å². The maximum absolute atomic E-state index is 12.2. The predicted octanol–water partition coefficient (Wildman–Crippen LogP) is 4.21. The summed E-state index contributed by atoms with van der Waals surface area (Å²) in [6.07, 6.45) is 1.68. The Hall–Kier alpha value is -1.33. The highest BCUT2D eigenvalue weighted by Crippen LogP contribution is 2.31. The maximum Gasteiger partial charge on any atom is 0.271 e. The Balaban J connectivity index is 3.12. The number of nitro groups is 1. The number of nitrogens with zero attached hydrogens (tertiary/aromatic N) is 1. The van der Waals surface area contributed by atoms with Crippen LogP contribution in [0.15, 0.2) is 12.1 Å². The molecule has 0 aliphatic rings. The van der Waals surface area contributed by atoms with Gasteiger partial charge >= 0.3 is 0 Å². The van der Waals surface area contributed by atoms with Crippen LogP contribution in [-0.2, 0) is 0 Å². The van der Waals surface area contributed by atoms with E-state index in [-0.39, 0.29) is 21.3 Å². The Bertz CT molecular complexity index is 545. The molecule has 0 saturated carbocycles. The smallest absolute Gasteiger partial charge is 0.271 e. The van der Waals surface area contributed by atoms with Crippen LogP contribution in [0.5, 0.6) is 0 Å². The highest BCUT2D eigenvalue weighted by molar-refractivity contribution is 6.44. The number of nitrogens with one attached hydrogen (secondary N) is 1. The molecule has 0 aliphatic carbocycles. The van der Waals surface area contributed by atoms with Gasteiger partial charge in [0.25, 0.3) is 11.6 Å². The standard InChI is InChI=1S/C13H16Cl2N2O3/c1-4-5-13(2,3)16-12(18)9-6-8(17(19)20)7-10(14)11(9)15/h6-7H,4-5H2,1-3H3,(H,16,18). The van der Waals surface area contributed by atoms with Crippen molar-refractivity contribution in [1.82, 2.24) is 5.32 Å². The number of amides is 1. The number of carbonyl (C=O) groups is 1. The third kappa shape index (κ3) is 4.08. The summed E-state index contributed by atoms with van der Waals surface area (Å²) < 4.78 is 0. The SMILES string of the molecule is CCCC(C)(C)NC(=O)c1cc([N+](=O)[O-])cc(Cl)c1Cl. The summed E-state index contributed by atoms with van der Waals surface area (Å²) in [5.41, 5.74) is -0.681. The third-order valence-corrected chi connectivity index (χ3v) is 3.60. The first kappa shape index (κ1) is 16.7. The van der Waals surface area contributed by atoms with E-state index in [0.717, 1.165) is 25.0 Å². The van der Waals surface area contributed by atoms with Gasteiger partial charge in [-0.15, -0.1) is 0 Å². The molecule has 0 heterocycles. The molecule has 110 valence electrons. The summed E-state index contributed by atoms with van der Waals surface area (Å²) >= 11 is 11.8. The first-order valence-corrected chi connectivity index (χ1v) is 6.89. The molecule has 0 saturated heterocycles. The van der Waals surface area contributed by atoms with Crippen molar-refractivity contribution < 1.29 is 9.72 Å². The Morgan fingerprint density at radius 1 is 1.40 bits per heavy atom. The minimum absolute atomic E-state index is 0.00930. The second kappa shape index (κ2) is 6.41. The van der Waals surface area contributed by atoms with Crippen LogP contribution in [0.4, 0.5) is 5.69 Å². The van der Waals surface area contributed by atoms with E-state index in [9.17, 15) is 14.9 Å². The molecule has 1 rings (SSSR count). The molecule has 0 bridgehead atoms. The van der Waals surface area contributed by atoms with E-state index in [1.807, 2.05) is 20.8 Å². The minimum atomic E-state index is -0.615. The van der Waals surface area contributed by atoms with Crippen molar-refractivity contribution in [2.45, 2.75) is 39.2 Å². The van der Waals surface area contributed by atoms with Gasteiger partial charge in [0.2, 0.25) is 0 Å². The van der Waals surface area contributed by atoms with Gasteiger partial charge in [0.1, 0.15) is 0 Å². The number of carbonyl (C=O) groups excluding carboxylic acids is 1. The van der Waals surface area contributed by atoms with Gasteiger partial charge in [-0.05, 0) is 20.3 Å². The van der Waals surface area contributed by atoms with Crippen LogP contribution in [0, 0.1) is 10.1 Å². The number of hydrogen-bond acceptors (Lipinski definition) is 3. The summed E-state index contributed by atoms with van der Waals surface area (Å²) in [5.74, 6) is -0.473. The van der Waals surface area contributed by atoms with Gasteiger partial charge in [0.15, 0.2) is 0 Å². The van der Waals surface area contributed by atoms with Crippen LogP contribution < -0.4 is 5.32 Å². The zero-order chi connectivity index (χ0) is 15.5. The minimum Gasteiger partial charge on any atom is -0.347 e. The van der Waals surface area contributed by atoms with E-state index in [0.29, 0.717) is 0 Å². The van der Waals surface area contributed by atoms with Crippen molar-refractivity contribution in [1.29, 1.82) is 0 Å². The normalized spacial score (nSPS) is 11.2. The highest BCUT2D eigenvalue weighted by atomic mass is 35.5. The zero-order valence-corrected chi connectivity index (χ0v) is 13.0. The molecular formula is C13H16Cl2N2O3. The lowest BCUT2D eigenvalue weighted by Gasteiger charge is -2.26. The molecular weight excluding hydrogens is 303 g/mol. The number of benzene rings is 1. The molecule has 0 radical (unpaired) electrons. The monoisotopic (exact) mass is 318 g/mol. The van der Waals surface area contributed by atoms with Crippen LogP contribution in [0.25, 0.3) is 0 Å². The van der Waals surface area contributed by atoms with Crippen molar-refractivity contribution in [3.63, 3.8) is 0 Å². The molecule has 0 aliphatic heterocycles. The van der Waals surface area contributed by atoms with E-state index in [1.54, 1.807) is 0 Å². The number of nitro benzene ring substituents is 1. The zero-order valence-electron chi connectivity index (χ0n) is 11.5. The van der Waals surface area contributed by atoms with E-state index in [4.69, 9.17) is 23.2 Å². The summed E-state index contributed by atoms with van der Waals surface area (Å²) in [6, 6.07) is 2.25. The molecule has 1 amide bonds. The molecule has 0 unspecified atom stereocenters. The van der Waals surface area contributed by atoms with E-state index in [1.165, 1.54) is 0 Å². The number of halogens is 2. The molecule has 7 heteroatoms. The fraction of sp³-hybridized carbons (Fsp3) is 0.462. The Morgan fingerprint density at radius 3 is 2.50 bits per heavy atom. The van der Waals surface area contributed by atoms with E-state index < -0.39 is 16.4 Å². The van der Waals surface area contributed by atoms with Gasteiger partial charge in [-0.2, -0.15) is 0 Å². The molecule has 0 fully saturated rings. The average Bonchev–Trinajstić information content (AvgIpc) is 2.31. The third-order valence-electron chi connectivity index (χ3n) is 2.80. The summed E-state index contributed by atoms with van der Waals surface area (Å²) in [6.45, 7) is 5.76. The average molecular weight is 319 g/mol. The van der Waals surface area contributed by atoms with Crippen molar-refractivity contribution in [3.8, 4) is 0 Å². The van der Waals surface area contributed by atoms with Crippen molar-refractivity contribution in [2.75, 3.05) is 0 Å². The summed E-state index contributed by atoms with van der Waals surface area (Å²) in [5, 5.41) is 13.6. The Morgan fingerprint density at radius 2 is 2.00 bits per heavy atom. The molecule has 1 aromatic carbocycles. The number of rotatable bonds is 5. The molecule has 1 N–H and O–H groups in total. The summed E-state index contributed by atoms with van der Waals surface area (Å²) in [4.78, 5) is 22.4. The fourth-order valence-corrected chi connectivity index (χ4v) is 2.32. The first-order chi connectivity index (χ1) is 9.18. The van der Waals surface area contributed by atoms with Crippen molar-refractivity contribution >= 4 is 34.8 Å². The van der Waals surface area contributed by atoms with Gasteiger partial charge in [0, 0.05) is 17.7 Å². The molecule has 5 nitrogen and oxygen atoms in total. The van der Waals surface area contributed by atoms with Gasteiger partial charge in [-0.1, -0.05) is 36.5 Å². The molecule has 0 spiro atoms. The van der Waals surface area contributed by atoms with Crippen LogP contribution >= 0.6 is 23.2 Å². The number of hydrogen-bond donors (Lipinski definition) is 1. The Labute approximate surface area is 127 Å². The van der Waals surface area contributed by atoms with Crippen LogP contribution in [0.3, 0.4) is 0 Å².